The highest BCUT2D eigenvalue weighted by Crippen LogP contribution is 2.13. The summed E-state index contributed by atoms with van der Waals surface area (Å²) in [6.07, 6.45) is 5.42. The Morgan fingerprint density at radius 3 is 2.36 bits per heavy atom. The van der Waals surface area contributed by atoms with E-state index in [1.165, 1.54) is 6.26 Å². The molecule has 1 amide bonds. The van der Waals surface area contributed by atoms with Crippen LogP contribution in [0.2, 0.25) is 0 Å². The minimum Gasteiger partial charge on any atom is -0.461 e. The smallest absolute Gasteiger partial charge is 0.255 e. The van der Waals surface area contributed by atoms with Crippen molar-refractivity contribution in [1.29, 1.82) is 0 Å². The quantitative estimate of drug-likeness (QED) is 0.659. The monoisotopic (exact) mass is 331 g/mol. The van der Waals surface area contributed by atoms with E-state index in [9.17, 15) is 9.59 Å². The summed E-state index contributed by atoms with van der Waals surface area (Å²) in [4.78, 5) is 23.9. The third-order valence-electron chi connectivity index (χ3n) is 3.61. The minimum absolute atomic E-state index is 0.0620. The summed E-state index contributed by atoms with van der Waals surface area (Å²) in [6, 6.07) is 19.8. The molecule has 2 aromatic carbocycles. The maximum absolute atomic E-state index is 12.1. The maximum atomic E-state index is 12.1. The van der Waals surface area contributed by atoms with E-state index in [1.807, 2.05) is 48.5 Å². The van der Waals surface area contributed by atoms with E-state index in [1.54, 1.807) is 30.3 Å². The summed E-state index contributed by atoms with van der Waals surface area (Å²) in [5, 5.41) is 2.85. The average molecular weight is 331 g/mol. The Labute approximate surface area is 145 Å². The molecule has 4 nitrogen and oxygen atoms in total. The van der Waals surface area contributed by atoms with Gasteiger partial charge in [-0.25, -0.2) is 0 Å². The van der Waals surface area contributed by atoms with Crippen LogP contribution in [0.1, 0.15) is 32.9 Å². The molecule has 0 radical (unpaired) electrons. The van der Waals surface area contributed by atoms with Gasteiger partial charge in [-0.1, -0.05) is 42.5 Å². The molecule has 1 heterocycles. The van der Waals surface area contributed by atoms with Gasteiger partial charge in [-0.2, -0.15) is 0 Å². The van der Waals surface area contributed by atoms with Gasteiger partial charge in [-0.15, -0.1) is 0 Å². The molecular formula is C21H17NO3. The molecule has 1 aromatic heterocycles. The number of carbonyl (C=O) groups is 2. The van der Waals surface area contributed by atoms with Crippen LogP contribution in [0.5, 0.6) is 0 Å². The zero-order chi connectivity index (χ0) is 17.5. The molecule has 0 fully saturated rings. The summed E-state index contributed by atoms with van der Waals surface area (Å²) in [7, 11) is 0. The molecule has 4 heteroatoms. The van der Waals surface area contributed by atoms with Crippen LogP contribution in [0, 0.1) is 0 Å². The number of ketones is 1. The van der Waals surface area contributed by atoms with Crippen LogP contribution in [0.15, 0.2) is 83.5 Å². The van der Waals surface area contributed by atoms with Crippen molar-refractivity contribution < 1.29 is 14.0 Å². The van der Waals surface area contributed by atoms with E-state index in [0.717, 1.165) is 11.3 Å². The van der Waals surface area contributed by atoms with Gasteiger partial charge in [0, 0.05) is 17.7 Å². The Kier molecular flexibility index (Phi) is 5.22. The molecule has 0 unspecified atom stereocenters. The molecule has 0 aliphatic carbocycles. The van der Waals surface area contributed by atoms with Crippen LogP contribution in [-0.2, 0) is 0 Å². The lowest BCUT2D eigenvalue weighted by molar-refractivity contribution is 0.0968. The zero-order valence-corrected chi connectivity index (χ0v) is 13.5. The number of amides is 1. The van der Waals surface area contributed by atoms with Crippen LogP contribution < -0.4 is 5.32 Å². The molecule has 0 bridgehead atoms. The fraction of sp³-hybridized carbons (Fsp3) is 0.0476. The largest absolute Gasteiger partial charge is 0.461 e. The van der Waals surface area contributed by atoms with Gasteiger partial charge in [0.05, 0.1) is 6.26 Å². The number of rotatable bonds is 6. The van der Waals surface area contributed by atoms with Crippen molar-refractivity contribution >= 4 is 23.5 Å². The molecule has 0 saturated heterocycles. The average Bonchev–Trinajstić information content (AvgIpc) is 3.19. The predicted molar refractivity (Wildman–Crippen MR) is 97.5 cm³/mol. The summed E-state index contributed by atoms with van der Waals surface area (Å²) < 4.78 is 5.06. The summed E-state index contributed by atoms with van der Waals surface area (Å²) in [5.74, 6) is 0.157. The van der Waals surface area contributed by atoms with Gasteiger partial charge in [-0.05, 0) is 42.0 Å². The molecule has 0 aliphatic rings. The molecule has 0 atom stereocenters. The van der Waals surface area contributed by atoms with Crippen LogP contribution >= 0.6 is 0 Å². The molecule has 0 aliphatic heterocycles. The molecular weight excluding hydrogens is 314 g/mol. The van der Waals surface area contributed by atoms with E-state index in [2.05, 4.69) is 5.32 Å². The van der Waals surface area contributed by atoms with Crippen molar-refractivity contribution in [1.82, 2.24) is 0 Å². The summed E-state index contributed by atoms with van der Waals surface area (Å²) in [5.41, 5.74) is 2.28. The van der Waals surface area contributed by atoms with E-state index < -0.39 is 0 Å². The normalized spacial score (nSPS) is 10.7. The molecule has 124 valence electrons. The number of furan rings is 1. The first-order valence-electron chi connectivity index (χ1n) is 7.92. The first-order chi connectivity index (χ1) is 12.2. The Hall–Kier alpha value is -3.40. The van der Waals surface area contributed by atoms with Crippen LogP contribution in [0.25, 0.3) is 6.08 Å². The second-order valence-corrected chi connectivity index (χ2v) is 5.45. The lowest BCUT2D eigenvalue weighted by Crippen LogP contribution is -2.11. The Morgan fingerprint density at radius 1 is 0.920 bits per heavy atom. The van der Waals surface area contributed by atoms with E-state index in [4.69, 9.17) is 4.42 Å². The Bertz CT molecular complexity index is 863. The number of hydrogen-bond donors (Lipinski definition) is 1. The second kappa shape index (κ2) is 7.93. The first kappa shape index (κ1) is 16.5. The number of benzene rings is 2. The molecule has 0 saturated carbocycles. The van der Waals surface area contributed by atoms with Crippen LogP contribution in [-0.4, -0.2) is 11.7 Å². The number of hydrogen-bond acceptors (Lipinski definition) is 3. The van der Waals surface area contributed by atoms with E-state index in [0.29, 0.717) is 11.3 Å². The highest BCUT2D eigenvalue weighted by Gasteiger charge is 2.06. The number of anilines is 1. The van der Waals surface area contributed by atoms with Crippen LogP contribution in [0.3, 0.4) is 0 Å². The van der Waals surface area contributed by atoms with Gasteiger partial charge in [0.1, 0.15) is 0 Å². The highest BCUT2D eigenvalue weighted by atomic mass is 16.3. The number of carbonyl (C=O) groups excluding carboxylic acids is 2. The fourth-order valence-electron chi connectivity index (χ4n) is 2.31. The standard InChI is InChI=1S/C21H17NO3/c23-19(20-10-5-15-25-20)9-4-6-16-11-13-18(14-12-16)22-21(24)17-7-2-1-3-8-17/h1-8,10-15H,9H2,(H,22,24)/b6-4+. The van der Waals surface area contributed by atoms with E-state index >= 15 is 0 Å². The van der Waals surface area contributed by atoms with E-state index in [-0.39, 0.29) is 18.1 Å². The number of Topliss-reactive ketones (excluding diaryl/α,β-unsaturated/α-hetero) is 1. The summed E-state index contributed by atoms with van der Waals surface area (Å²) >= 11 is 0. The minimum atomic E-state index is -0.145. The van der Waals surface area contributed by atoms with Gasteiger partial charge in [0.15, 0.2) is 5.76 Å². The van der Waals surface area contributed by atoms with Gasteiger partial charge in [0.25, 0.3) is 5.91 Å². The van der Waals surface area contributed by atoms with Gasteiger partial charge >= 0.3 is 0 Å². The molecule has 3 rings (SSSR count). The zero-order valence-electron chi connectivity index (χ0n) is 13.5. The SMILES string of the molecule is O=C(Nc1ccc(/C=C/CC(=O)c2ccco2)cc1)c1ccccc1. The lowest BCUT2D eigenvalue weighted by Gasteiger charge is -2.05. The maximum Gasteiger partial charge on any atom is 0.255 e. The first-order valence-corrected chi connectivity index (χ1v) is 7.92. The molecule has 25 heavy (non-hydrogen) atoms. The summed E-state index contributed by atoms with van der Waals surface area (Å²) in [6.45, 7) is 0. The van der Waals surface area contributed by atoms with Crippen molar-refractivity contribution in [3.8, 4) is 0 Å². The van der Waals surface area contributed by atoms with Crippen molar-refractivity contribution in [2.45, 2.75) is 6.42 Å². The Morgan fingerprint density at radius 2 is 1.68 bits per heavy atom. The molecule has 1 N–H and O–H groups in total. The Balaban J connectivity index is 1.56. The van der Waals surface area contributed by atoms with Gasteiger partial charge in [-0.3, -0.25) is 9.59 Å². The molecule has 0 spiro atoms. The third-order valence-corrected chi connectivity index (χ3v) is 3.61. The highest BCUT2D eigenvalue weighted by molar-refractivity contribution is 6.04. The van der Waals surface area contributed by atoms with Gasteiger partial charge in [0.2, 0.25) is 5.78 Å². The fourth-order valence-corrected chi connectivity index (χ4v) is 2.31. The topological polar surface area (TPSA) is 59.3 Å². The molecule has 3 aromatic rings. The van der Waals surface area contributed by atoms with Crippen molar-refractivity contribution in [3.05, 3.63) is 96.0 Å². The van der Waals surface area contributed by atoms with Crippen LogP contribution in [0.4, 0.5) is 5.69 Å². The van der Waals surface area contributed by atoms with Crippen molar-refractivity contribution in [3.63, 3.8) is 0 Å². The third kappa shape index (κ3) is 4.54. The van der Waals surface area contributed by atoms with Crippen molar-refractivity contribution in [2.24, 2.45) is 0 Å². The number of allylic oxidation sites excluding steroid dienone is 1. The lowest BCUT2D eigenvalue weighted by atomic mass is 10.1. The predicted octanol–water partition coefficient (Wildman–Crippen LogP) is 4.82. The number of nitrogens with one attached hydrogen (secondary N) is 1. The van der Waals surface area contributed by atoms with Gasteiger partial charge < -0.3 is 9.73 Å². The second-order valence-electron chi connectivity index (χ2n) is 5.45. The van der Waals surface area contributed by atoms with Crippen molar-refractivity contribution in [2.75, 3.05) is 5.32 Å².